The number of nitrogens with one attached hydrogen (secondary N) is 1. The van der Waals surface area contributed by atoms with Gasteiger partial charge in [0, 0.05) is 6.04 Å². The zero-order chi connectivity index (χ0) is 13.0. The molecule has 1 nitrogen and oxygen atoms in total. The predicted molar refractivity (Wildman–Crippen MR) is 74.1 cm³/mol. The Morgan fingerprint density at radius 3 is 2.72 bits per heavy atom. The lowest BCUT2D eigenvalue weighted by Gasteiger charge is -2.28. The molecule has 1 aliphatic rings. The van der Waals surface area contributed by atoms with Crippen molar-refractivity contribution in [2.45, 2.75) is 45.6 Å². The summed E-state index contributed by atoms with van der Waals surface area (Å²) < 4.78 is 13.7. The minimum absolute atomic E-state index is 0.0638. The van der Waals surface area contributed by atoms with E-state index in [1.165, 1.54) is 19.3 Å². The highest BCUT2D eigenvalue weighted by Gasteiger charge is 2.30. The second kappa shape index (κ2) is 6.33. The number of halogens is 1. The Labute approximate surface area is 110 Å². The van der Waals surface area contributed by atoms with Crippen LogP contribution in [0.25, 0.3) is 0 Å². The SMILES string of the molecule is CCNC(Cc1ccccc1F)C1CCCC1C. The topological polar surface area (TPSA) is 12.0 Å². The van der Waals surface area contributed by atoms with E-state index in [1.54, 1.807) is 12.1 Å². The molecular weight excluding hydrogens is 225 g/mol. The van der Waals surface area contributed by atoms with Crippen LogP contribution >= 0.6 is 0 Å². The van der Waals surface area contributed by atoms with Crippen LogP contribution in [0.4, 0.5) is 4.39 Å². The molecule has 0 heterocycles. The fraction of sp³-hybridized carbons (Fsp3) is 0.625. The predicted octanol–water partition coefficient (Wildman–Crippen LogP) is 3.78. The van der Waals surface area contributed by atoms with Crippen LogP contribution in [0.1, 0.15) is 38.7 Å². The molecule has 0 radical (unpaired) electrons. The summed E-state index contributed by atoms with van der Waals surface area (Å²) in [6, 6.07) is 7.60. The van der Waals surface area contributed by atoms with Crippen LogP contribution in [-0.4, -0.2) is 12.6 Å². The Morgan fingerprint density at radius 1 is 1.33 bits per heavy atom. The average molecular weight is 249 g/mol. The molecule has 100 valence electrons. The van der Waals surface area contributed by atoms with E-state index in [-0.39, 0.29) is 5.82 Å². The molecule has 0 amide bonds. The molecule has 1 saturated carbocycles. The van der Waals surface area contributed by atoms with Crippen molar-refractivity contribution in [2.24, 2.45) is 11.8 Å². The van der Waals surface area contributed by atoms with Crippen molar-refractivity contribution in [3.63, 3.8) is 0 Å². The molecule has 1 aromatic carbocycles. The van der Waals surface area contributed by atoms with E-state index in [2.05, 4.69) is 19.2 Å². The molecule has 0 spiro atoms. The van der Waals surface area contributed by atoms with Crippen LogP contribution in [-0.2, 0) is 6.42 Å². The van der Waals surface area contributed by atoms with Gasteiger partial charge in [-0.1, -0.05) is 44.9 Å². The Bertz CT molecular complexity index is 377. The third-order valence-electron chi connectivity index (χ3n) is 4.31. The first-order valence-corrected chi connectivity index (χ1v) is 7.19. The molecule has 0 saturated heterocycles. The van der Waals surface area contributed by atoms with Gasteiger partial charge in [-0.3, -0.25) is 0 Å². The van der Waals surface area contributed by atoms with Gasteiger partial charge in [0.2, 0.25) is 0 Å². The second-order valence-electron chi connectivity index (χ2n) is 5.53. The van der Waals surface area contributed by atoms with Gasteiger partial charge in [-0.2, -0.15) is 0 Å². The van der Waals surface area contributed by atoms with Crippen molar-refractivity contribution in [1.82, 2.24) is 5.32 Å². The van der Waals surface area contributed by atoms with Crippen LogP contribution < -0.4 is 5.32 Å². The third-order valence-corrected chi connectivity index (χ3v) is 4.31. The van der Waals surface area contributed by atoms with Gasteiger partial charge in [-0.15, -0.1) is 0 Å². The highest BCUT2D eigenvalue weighted by Crippen LogP contribution is 2.34. The Kier molecular flexibility index (Phi) is 4.76. The normalized spacial score (nSPS) is 25.3. The van der Waals surface area contributed by atoms with Crippen molar-refractivity contribution in [2.75, 3.05) is 6.54 Å². The largest absolute Gasteiger partial charge is 0.314 e. The maximum Gasteiger partial charge on any atom is 0.126 e. The summed E-state index contributed by atoms with van der Waals surface area (Å²) in [6.07, 6.45) is 4.75. The van der Waals surface area contributed by atoms with Crippen LogP contribution in [0.15, 0.2) is 24.3 Å². The lowest BCUT2D eigenvalue weighted by atomic mass is 9.86. The van der Waals surface area contributed by atoms with Crippen LogP contribution in [0.5, 0.6) is 0 Å². The second-order valence-corrected chi connectivity index (χ2v) is 5.53. The number of rotatable bonds is 5. The minimum atomic E-state index is -0.0638. The maximum absolute atomic E-state index is 13.7. The van der Waals surface area contributed by atoms with Crippen LogP contribution in [0.3, 0.4) is 0 Å². The van der Waals surface area contributed by atoms with Gasteiger partial charge >= 0.3 is 0 Å². The summed E-state index contributed by atoms with van der Waals surface area (Å²) in [7, 11) is 0. The summed E-state index contributed by atoms with van der Waals surface area (Å²) in [5.41, 5.74) is 0.850. The summed E-state index contributed by atoms with van der Waals surface area (Å²) in [4.78, 5) is 0. The summed E-state index contributed by atoms with van der Waals surface area (Å²) in [6.45, 7) is 5.43. The molecule has 2 heteroatoms. The standard InChI is InChI=1S/C16H24FN/c1-3-18-16(14-9-6-7-12(14)2)11-13-8-4-5-10-15(13)17/h4-5,8,10,12,14,16,18H,3,6-7,9,11H2,1-2H3. The zero-order valence-electron chi connectivity index (χ0n) is 11.5. The lowest BCUT2D eigenvalue weighted by molar-refractivity contribution is 0.297. The first-order valence-electron chi connectivity index (χ1n) is 7.19. The van der Waals surface area contributed by atoms with E-state index in [0.717, 1.165) is 24.4 Å². The Hall–Kier alpha value is -0.890. The van der Waals surface area contributed by atoms with Gasteiger partial charge in [0.1, 0.15) is 5.82 Å². The van der Waals surface area contributed by atoms with E-state index in [0.29, 0.717) is 12.0 Å². The molecule has 3 atom stereocenters. The molecule has 0 bridgehead atoms. The first-order chi connectivity index (χ1) is 8.72. The third kappa shape index (κ3) is 3.11. The fourth-order valence-electron chi connectivity index (χ4n) is 3.31. The number of hydrogen-bond donors (Lipinski definition) is 1. The van der Waals surface area contributed by atoms with Gasteiger partial charge in [0.25, 0.3) is 0 Å². The van der Waals surface area contributed by atoms with E-state index in [9.17, 15) is 4.39 Å². The zero-order valence-corrected chi connectivity index (χ0v) is 11.5. The van der Waals surface area contributed by atoms with Gasteiger partial charge in [-0.25, -0.2) is 4.39 Å². The summed E-state index contributed by atoms with van der Waals surface area (Å²) in [5.74, 6) is 1.40. The quantitative estimate of drug-likeness (QED) is 0.837. The Balaban J connectivity index is 2.08. The number of hydrogen-bond acceptors (Lipinski definition) is 1. The monoisotopic (exact) mass is 249 g/mol. The average Bonchev–Trinajstić information content (AvgIpc) is 2.78. The lowest BCUT2D eigenvalue weighted by Crippen LogP contribution is -2.39. The molecule has 2 rings (SSSR count). The van der Waals surface area contributed by atoms with E-state index in [1.807, 2.05) is 12.1 Å². The molecule has 1 aliphatic carbocycles. The maximum atomic E-state index is 13.7. The molecule has 0 aromatic heterocycles. The molecule has 18 heavy (non-hydrogen) atoms. The molecule has 1 fully saturated rings. The molecule has 1 aromatic rings. The van der Waals surface area contributed by atoms with E-state index >= 15 is 0 Å². The smallest absolute Gasteiger partial charge is 0.126 e. The number of benzene rings is 1. The minimum Gasteiger partial charge on any atom is -0.314 e. The van der Waals surface area contributed by atoms with Gasteiger partial charge in [0.05, 0.1) is 0 Å². The Morgan fingerprint density at radius 2 is 2.11 bits per heavy atom. The first kappa shape index (κ1) is 13.5. The molecule has 3 unspecified atom stereocenters. The summed E-state index contributed by atoms with van der Waals surface area (Å²) in [5, 5.41) is 3.56. The fourth-order valence-corrected chi connectivity index (χ4v) is 3.31. The van der Waals surface area contributed by atoms with Crippen molar-refractivity contribution in [1.29, 1.82) is 0 Å². The van der Waals surface area contributed by atoms with Gasteiger partial charge in [0.15, 0.2) is 0 Å². The highest BCUT2D eigenvalue weighted by atomic mass is 19.1. The van der Waals surface area contributed by atoms with Gasteiger partial charge in [-0.05, 0) is 42.9 Å². The van der Waals surface area contributed by atoms with Crippen molar-refractivity contribution in [3.05, 3.63) is 35.6 Å². The van der Waals surface area contributed by atoms with E-state index in [4.69, 9.17) is 0 Å². The number of likely N-dealkylation sites (N-methyl/N-ethyl adjacent to an activating group) is 1. The van der Waals surface area contributed by atoms with Crippen LogP contribution in [0, 0.1) is 17.7 Å². The van der Waals surface area contributed by atoms with Crippen LogP contribution in [0.2, 0.25) is 0 Å². The summed E-state index contributed by atoms with van der Waals surface area (Å²) >= 11 is 0. The van der Waals surface area contributed by atoms with Gasteiger partial charge < -0.3 is 5.32 Å². The van der Waals surface area contributed by atoms with Crippen molar-refractivity contribution < 1.29 is 4.39 Å². The molecule has 1 N–H and O–H groups in total. The molecular formula is C16H24FN. The van der Waals surface area contributed by atoms with E-state index < -0.39 is 0 Å². The highest BCUT2D eigenvalue weighted by molar-refractivity contribution is 5.18. The van der Waals surface area contributed by atoms with Crippen molar-refractivity contribution >= 4 is 0 Å². The van der Waals surface area contributed by atoms with Crippen molar-refractivity contribution in [3.8, 4) is 0 Å². The molecule has 0 aliphatic heterocycles.